The van der Waals surface area contributed by atoms with E-state index < -0.39 is 5.97 Å². The van der Waals surface area contributed by atoms with Gasteiger partial charge in [0, 0.05) is 17.6 Å². The van der Waals surface area contributed by atoms with Crippen LogP contribution in [0.4, 0.5) is 0 Å². The molecule has 2 N–H and O–H groups in total. The number of carboxylic acids is 1. The van der Waals surface area contributed by atoms with Gasteiger partial charge in [0.25, 0.3) is 0 Å². The van der Waals surface area contributed by atoms with Crippen LogP contribution in [0.3, 0.4) is 0 Å². The first-order chi connectivity index (χ1) is 4.20. The van der Waals surface area contributed by atoms with Gasteiger partial charge in [-0.3, -0.25) is 0 Å². The van der Waals surface area contributed by atoms with E-state index in [1.165, 1.54) is 0 Å². The molecule has 4 nitrogen and oxygen atoms in total. The van der Waals surface area contributed by atoms with Crippen LogP contribution in [0.25, 0.3) is 0 Å². The van der Waals surface area contributed by atoms with Crippen molar-refractivity contribution in [2.24, 2.45) is 0 Å². The van der Waals surface area contributed by atoms with Gasteiger partial charge in [-0.25, -0.2) is 4.79 Å². The maximum Gasteiger partial charge on any atom is 0.355 e. The third-order valence-corrected chi connectivity index (χ3v) is 1.31. The minimum Gasteiger partial charge on any atom is -0.498 e. The summed E-state index contributed by atoms with van der Waals surface area (Å²) in [7, 11) is 0. The van der Waals surface area contributed by atoms with Crippen molar-refractivity contribution in [1.29, 1.82) is 0 Å². The third kappa shape index (κ3) is 1.17. The number of nitrogens with zero attached hydrogens (tertiary/aromatic N) is 1. The molecular weight excluding hydrogens is 142 g/mol. The molecule has 48 valence electrons. The Morgan fingerprint density at radius 2 is 2.44 bits per heavy atom. The lowest BCUT2D eigenvalue weighted by atomic mass is 10.4. The second kappa shape index (κ2) is 2.02. The molecule has 0 radical (unpaired) electrons. The zero-order valence-corrected chi connectivity index (χ0v) is 5.05. The van der Waals surface area contributed by atoms with E-state index >= 15 is 0 Å². The van der Waals surface area contributed by atoms with Crippen molar-refractivity contribution in [3.63, 3.8) is 0 Å². The summed E-state index contributed by atoms with van der Waals surface area (Å²) in [5, 5.41) is 16.7. The first kappa shape index (κ1) is 6.03. The highest BCUT2D eigenvalue weighted by Crippen LogP contribution is 2.15. The normalized spacial score (nSPS) is 9.33. The van der Waals surface area contributed by atoms with E-state index in [9.17, 15) is 4.79 Å². The van der Waals surface area contributed by atoms with E-state index in [-0.39, 0.29) is 10.8 Å². The number of hydrogen-bond acceptors (Lipinski definition) is 4. The molecule has 1 heterocycles. The molecule has 1 aromatic rings. The van der Waals surface area contributed by atoms with Gasteiger partial charge in [-0.05, 0) is 0 Å². The van der Waals surface area contributed by atoms with Gasteiger partial charge in [-0.1, -0.05) is 0 Å². The van der Waals surface area contributed by atoms with Gasteiger partial charge in [-0.15, -0.1) is 0 Å². The highest BCUT2D eigenvalue weighted by Gasteiger charge is 2.06. The Kier molecular flexibility index (Phi) is 1.35. The van der Waals surface area contributed by atoms with Gasteiger partial charge in [0.15, 0.2) is 10.8 Å². The highest BCUT2D eigenvalue weighted by atomic mass is 32.1. The maximum absolute atomic E-state index is 10.0. The molecule has 0 unspecified atom stereocenters. The lowest BCUT2D eigenvalue weighted by Gasteiger charge is -1.77. The van der Waals surface area contributed by atoms with Gasteiger partial charge in [0.1, 0.15) is 0 Å². The Bertz CT molecular complexity index is 231. The second-order valence-corrected chi connectivity index (χ2v) is 2.14. The molecule has 0 atom stereocenters. The fraction of sp³-hybridized carbons (Fsp3) is 0. The van der Waals surface area contributed by atoms with Crippen molar-refractivity contribution in [3.8, 4) is 5.06 Å². The molecule has 0 aromatic carbocycles. The summed E-state index contributed by atoms with van der Waals surface area (Å²) in [5.41, 5.74) is -0.113. The fourth-order valence-corrected chi connectivity index (χ4v) is 0.853. The summed E-state index contributed by atoms with van der Waals surface area (Å²) in [6, 6.07) is 1.10. The summed E-state index contributed by atoms with van der Waals surface area (Å²) < 4.78 is 3.41. The number of aromatic nitrogens is 1. The Hall–Kier alpha value is -1.10. The molecular formula is C4H3NO3S. The van der Waals surface area contributed by atoms with Crippen LogP contribution in [-0.2, 0) is 0 Å². The van der Waals surface area contributed by atoms with Gasteiger partial charge in [-0.2, -0.15) is 4.37 Å². The van der Waals surface area contributed by atoms with Crippen molar-refractivity contribution in [1.82, 2.24) is 4.37 Å². The molecule has 0 saturated carbocycles. The summed E-state index contributed by atoms with van der Waals surface area (Å²) in [6.45, 7) is 0. The van der Waals surface area contributed by atoms with Crippen LogP contribution in [0.5, 0.6) is 5.06 Å². The largest absolute Gasteiger partial charge is 0.498 e. The maximum atomic E-state index is 10.0. The van der Waals surface area contributed by atoms with Crippen LogP contribution >= 0.6 is 11.5 Å². The molecule has 0 spiro atoms. The molecule has 5 heteroatoms. The van der Waals surface area contributed by atoms with Crippen molar-refractivity contribution in [2.45, 2.75) is 0 Å². The predicted molar refractivity (Wildman–Crippen MR) is 30.7 cm³/mol. The summed E-state index contributed by atoms with van der Waals surface area (Å²) >= 11 is 0.757. The van der Waals surface area contributed by atoms with Crippen LogP contribution < -0.4 is 0 Å². The number of rotatable bonds is 1. The van der Waals surface area contributed by atoms with E-state index in [1.54, 1.807) is 0 Å². The molecule has 0 saturated heterocycles. The van der Waals surface area contributed by atoms with Gasteiger partial charge in [0.2, 0.25) is 0 Å². The third-order valence-electron chi connectivity index (χ3n) is 0.717. The van der Waals surface area contributed by atoms with Crippen molar-refractivity contribution < 1.29 is 15.0 Å². The van der Waals surface area contributed by atoms with Crippen LogP contribution in [0, 0.1) is 0 Å². The Morgan fingerprint density at radius 1 is 1.78 bits per heavy atom. The minimum atomic E-state index is -1.12. The van der Waals surface area contributed by atoms with Crippen LogP contribution in [0.2, 0.25) is 0 Å². The molecule has 9 heavy (non-hydrogen) atoms. The summed E-state index contributed by atoms with van der Waals surface area (Å²) in [5.74, 6) is -1.12. The number of hydrogen-bond donors (Lipinski definition) is 2. The summed E-state index contributed by atoms with van der Waals surface area (Å²) in [4.78, 5) is 10.0. The quantitative estimate of drug-likeness (QED) is 0.605. The average molecular weight is 145 g/mol. The summed E-state index contributed by atoms with van der Waals surface area (Å²) in [6.07, 6.45) is 0. The smallest absolute Gasteiger partial charge is 0.355 e. The molecule has 0 bridgehead atoms. The fourth-order valence-electron chi connectivity index (χ4n) is 0.366. The number of aromatic carboxylic acids is 1. The van der Waals surface area contributed by atoms with Crippen LogP contribution in [0.1, 0.15) is 10.5 Å². The van der Waals surface area contributed by atoms with Crippen LogP contribution in [-0.4, -0.2) is 20.6 Å². The Labute approximate surface area is 54.5 Å². The number of carboxylic acid groups (broad SMARTS) is 1. The van der Waals surface area contributed by atoms with E-state index in [1.807, 2.05) is 0 Å². The average Bonchev–Trinajstić information content (AvgIpc) is 2.14. The monoisotopic (exact) mass is 145 g/mol. The van der Waals surface area contributed by atoms with Crippen molar-refractivity contribution in [2.75, 3.05) is 0 Å². The standard InChI is InChI=1S/C4H3NO3S/c6-3-1-2(4(7)8)5-9-3/h1,6H,(H,7,8). The first-order valence-corrected chi connectivity index (χ1v) is 2.86. The predicted octanol–water partition coefficient (Wildman–Crippen LogP) is 0.547. The van der Waals surface area contributed by atoms with Crippen LogP contribution in [0.15, 0.2) is 6.07 Å². The molecule has 0 fully saturated rings. The molecule has 0 aliphatic heterocycles. The SMILES string of the molecule is O=C(O)c1cc(O)sn1. The Morgan fingerprint density at radius 3 is 2.67 bits per heavy atom. The molecule has 0 amide bonds. The topological polar surface area (TPSA) is 70.4 Å². The van der Waals surface area contributed by atoms with E-state index in [2.05, 4.69) is 4.37 Å². The Balaban J connectivity index is 2.98. The number of carbonyl (C=O) groups is 1. The lowest BCUT2D eigenvalue weighted by Crippen LogP contribution is -1.94. The van der Waals surface area contributed by atoms with E-state index in [0.717, 1.165) is 17.6 Å². The van der Waals surface area contributed by atoms with E-state index in [4.69, 9.17) is 10.2 Å². The van der Waals surface area contributed by atoms with Gasteiger partial charge < -0.3 is 10.2 Å². The van der Waals surface area contributed by atoms with Gasteiger partial charge in [0.05, 0.1) is 0 Å². The molecule has 1 rings (SSSR count). The second-order valence-electron chi connectivity index (χ2n) is 1.36. The lowest BCUT2D eigenvalue weighted by molar-refractivity contribution is 0.0691. The zero-order chi connectivity index (χ0) is 6.85. The number of aromatic hydroxyl groups is 1. The molecule has 0 aliphatic rings. The highest BCUT2D eigenvalue weighted by molar-refractivity contribution is 7.07. The van der Waals surface area contributed by atoms with Gasteiger partial charge >= 0.3 is 5.97 Å². The first-order valence-electron chi connectivity index (χ1n) is 2.09. The molecule has 0 aliphatic carbocycles. The van der Waals surface area contributed by atoms with E-state index in [0.29, 0.717) is 0 Å². The zero-order valence-electron chi connectivity index (χ0n) is 4.24. The molecule has 1 aromatic heterocycles. The van der Waals surface area contributed by atoms with Crippen molar-refractivity contribution >= 4 is 17.5 Å². The van der Waals surface area contributed by atoms with Crippen molar-refractivity contribution in [3.05, 3.63) is 11.8 Å². The minimum absolute atomic E-state index is 0.0765.